The van der Waals surface area contributed by atoms with Gasteiger partial charge in [-0.2, -0.15) is 0 Å². The second-order valence-electron chi connectivity index (χ2n) is 4.95. The van der Waals surface area contributed by atoms with Gasteiger partial charge in [-0.1, -0.05) is 60.7 Å². The molecule has 4 nitrogen and oxygen atoms in total. The van der Waals surface area contributed by atoms with E-state index in [0.29, 0.717) is 0 Å². The van der Waals surface area contributed by atoms with Crippen molar-refractivity contribution in [2.24, 2.45) is 0 Å². The number of carbonyl (C=O) groups is 2. The molecule has 2 aromatic rings. The van der Waals surface area contributed by atoms with Crippen molar-refractivity contribution in [1.82, 2.24) is 0 Å². The average molecular weight is 298 g/mol. The maximum atomic E-state index is 11.6. The molecule has 1 N–H and O–H groups in total. The molecule has 114 valence electrons. The van der Waals surface area contributed by atoms with Gasteiger partial charge in [-0.25, -0.2) is 0 Å². The van der Waals surface area contributed by atoms with Crippen LogP contribution in [-0.2, 0) is 14.3 Å². The summed E-state index contributed by atoms with van der Waals surface area (Å²) in [5.41, 5.74) is 2.11. The molecule has 0 atom stereocenters. The van der Waals surface area contributed by atoms with Crippen molar-refractivity contribution < 1.29 is 19.4 Å². The van der Waals surface area contributed by atoms with E-state index in [9.17, 15) is 9.59 Å². The lowest BCUT2D eigenvalue weighted by atomic mass is 9.92. The predicted molar refractivity (Wildman–Crippen MR) is 82.6 cm³/mol. The molecule has 0 saturated heterocycles. The monoisotopic (exact) mass is 298 g/mol. The predicted octanol–water partition coefficient (Wildman–Crippen LogP) is 3.23. The third-order valence-electron chi connectivity index (χ3n) is 3.36. The highest BCUT2D eigenvalue weighted by Crippen LogP contribution is 2.24. The van der Waals surface area contributed by atoms with Crippen LogP contribution in [0.15, 0.2) is 60.7 Å². The summed E-state index contributed by atoms with van der Waals surface area (Å²) in [5, 5.41) is 8.59. The van der Waals surface area contributed by atoms with Gasteiger partial charge in [0.1, 0.15) is 6.61 Å². The minimum atomic E-state index is -1.00. The zero-order valence-corrected chi connectivity index (χ0v) is 12.1. The second-order valence-corrected chi connectivity index (χ2v) is 4.95. The zero-order valence-electron chi connectivity index (χ0n) is 12.1. The number of benzene rings is 2. The van der Waals surface area contributed by atoms with Crippen LogP contribution < -0.4 is 0 Å². The third-order valence-corrected chi connectivity index (χ3v) is 3.36. The molecular formula is C18H18O4. The van der Waals surface area contributed by atoms with E-state index >= 15 is 0 Å². The van der Waals surface area contributed by atoms with Gasteiger partial charge in [0.25, 0.3) is 0 Å². The summed E-state index contributed by atoms with van der Waals surface area (Å²) in [6.45, 7) is 0.201. The van der Waals surface area contributed by atoms with Crippen LogP contribution in [0, 0.1) is 0 Å². The molecule has 0 aliphatic carbocycles. The number of carbonyl (C=O) groups excluding carboxylic acids is 1. The standard InChI is InChI=1S/C18H18O4/c19-17(20)11-12-18(21)22-13-16(14-7-3-1-4-8-14)15-9-5-2-6-10-15/h1-10,16H,11-13H2,(H,19,20). The summed E-state index contributed by atoms with van der Waals surface area (Å²) in [4.78, 5) is 22.1. The maximum Gasteiger partial charge on any atom is 0.306 e. The van der Waals surface area contributed by atoms with Gasteiger partial charge in [0.15, 0.2) is 0 Å². The van der Waals surface area contributed by atoms with Gasteiger partial charge in [0.2, 0.25) is 0 Å². The van der Waals surface area contributed by atoms with Gasteiger partial charge in [-0.3, -0.25) is 9.59 Å². The summed E-state index contributed by atoms with van der Waals surface area (Å²) in [7, 11) is 0. The van der Waals surface area contributed by atoms with Gasteiger partial charge in [-0.05, 0) is 11.1 Å². The summed E-state index contributed by atoms with van der Waals surface area (Å²) >= 11 is 0. The molecule has 22 heavy (non-hydrogen) atoms. The Balaban J connectivity index is 2.06. The zero-order chi connectivity index (χ0) is 15.8. The van der Waals surface area contributed by atoms with Gasteiger partial charge < -0.3 is 9.84 Å². The van der Waals surface area contributed by atoms with Crippen LogP contribution in [0.25, 0.3) is 0 Å². The van der Waals surface area contributed by atoms with Crippen LogP contribution in [0.5, 0.6) is 0 Å². The number of esters is 1. The van der Waals surface area contributed by atoms with Crippen LogP contribution in [0.3, 0.4) is 0 Å². The molecule has 2 rings (SSSR count). The van der Waals surface area contributed by atoms with Crippen molar-refractivity contribution in [2.45, 2.75) is 18.8 Å². The highest BCUT2D eigenvalue weighted by Gasteiger charge is 2.16. The van der Waals surface area contributed by atoms with Gasteiger partial charge in [-0.15, -0.1) is 0 Å². The van der Waals surface area contributed by atoms with Crippen LogP contribution in [0.4, 0.5) is 0 Å². The molecule has 0 fully saturated rings. The quantitative estimate of drug-likeness (QED) is 0.797. The van der Waals surface area contributed by atoms with E-state index < -0.39 is 11.9 Å². The van der Waals surface area contributed by atoms with E-state index in [1.165, 1.54) is 0 Å². The molecule has 0 spiro atoms. The lowest BCUT2D eigenvalue weighted by Crippen LogP contribution is -2.15. The van der Waals surface area contributed by atoms with Gasteiger partial charge in [0, 0.05) is 5.92 Å². The smallest absolute Gasteiger partial charge is 0.306 e. The number of carboxylic acid groups (broad SMARTS) is 1. The topological polar surface area (TPSA) is 63.6 Å². The molecule has 0 radical (unpaired) electrons. The number of hydrogen-bond acceptors (Lipinski definition) is 3. The van der Waals surface area contributed by atoms with E-state index in [0.717, 1.165) is 11.1 Å². The van der Waals surface area contributed by atoms with Crippen molar-refractivity contribution in [3.63, 3.8) is 0 Å². The van der Waals surface area contributed by atoms with Crippen LogP contribution in [0.2, 0.25) is 0 Å². The molecule has 4 heteroatoms. The summed E-state index contributed by atoms with van der Waals surface area (Å²) < 4.78 is 5.26. The molecule has 0 aromatic heterocycles. The van der Waals surface area contributed by atoms with E-state index in [4.69, 9.17) is 9.84 Å². The average Bonchev–Trinajstić information content (AvgIpc) is 2.55. The molecule has 0 unspecified atom stereocenters. The highest BCUT2D eigenvalue weighted by atomic mass is 16.5. The van der Waals surface area contributed by atoms with E-state index in [1.54, 1.807) is 0 Å². The fourth-order valence-corrected chi connectivity index (χ4v) is 2.21. The van der Waals surface area contributed by atoms with Crippen molar-refractivity contribution in [2.75, 3.05) is 6.61 Å². The largest absolute Gasteiger partial charge is 0.481 e. The fourth-order valence-electron chi connectivity index (χ4n) is 2.21. The molecule has 0 saturated carbocycles. The Bertz CT molecular complexity index is 568. The number of ether oxygens (including phenoxy) is 1. The van der Waals surface area contributed by atoms with E-state index in [2.05, 4.69) is 0 Å². The maximum absolute atomic E-state index is 11.6. The molecular weight excluding hydrogens is 280 g/mol. The Labute approximate surface area is 129 Å². The van der Waals surface area contributed by atoms with Crippen LogP contribution in [-0.4, -0.2) is 23.7 Å². The molecule has 0 bridgehead atoms. The first kappa shape index (κ1) is 15.8. The van der Waals surface area contributed by atoms with Crippen LogP contribution in [0.1, 0.15) is 29.9 Å². The van der Waals surface area contributed by atoms with Crippen LogP contribution >= 0.6 is 0 Å². The highest BCUT2D eigenvalue weighted by molar-refractivity contribution is 5.76. The Morgan fingerprint density at radius 3 is 1.82 bits per heavy atom. The molecule has 0 aliphatic rings. The minimum Gasteiger partial charge on any atom is -0.481 e. The number of aliphatic carboxylic acids is 1. The summed E-state index contributed by atoms with van der Waals surface area (Å²) in [6, 6.07) is 19.6. The van der Waals surface area contributed by atoms with Gasteiger partial charge >= 0.3 is 11.9 Å². The summed E-state index contributed by atoms with van der Waals surface area (Å²) in [6.07, 6.45) is -0.314. The number of hydrogen-bond donors (Lipinski definition) is 1. The van der Waals surface area contributed by atoms with Crippen molar-refractivity contribution >= 4 is 11.9 Å². The lowest BCUT2D eigenvalue weighted by molar-refractivity contribution is -0.147. The molecule has 2 aromatic carbocycles. The van der Waals surface area contributed by atoms with E-state index in [1.807, 2.05) is 60.7 Å². The summed E-state index contributed by atoms with van der Waals surface area (Å²) in [5.74, 6) is -1.55. The Hall–Kier alpha value is -2.62. The first-order chi connectivity index (χ1) is 10.7. The van der Waals surface area contributed by atoms with Crippen molar-refractivity contribution in [3.05, 3.63) is 71.8 Å². The molecule has 0 heterocycles. The Morgan fingerprint density at radius 2 is 1.36 bits per heavy atom. The first-order valence-electron chi connectivity index (χ1n) is 7.14. The molecule has 0 aliphatic heterocycles. The second kappa shape index (κ2) is 7.98. The Morgan fingerprint density at radius 1 is 0.864 bits per heavy atom. The normalized spacial score (nSPS) is 10.4. The Kier molecular flexibility index (Phi) is 5.72. The van der Waals surface area contributed by atoms with Crippen molar-refractivity contribution in [1.29, 1.82) is 0 Å². The third kappa shape index (κ3) is 4.74. The first-order valence-corrected chi connectivity index (χ1v) is 7.14. The number of carboxylic acids is 1. The number of rotatable bonds is 7. The molecule has 0 amide bonds. The SMILES string of the molecule is O=C(O)CCC(=O)OCC(c1ccccc1)c1ccccc1. The lowest BCUT2D eigenvalue weighted by Gasteiger charge is -2.18. The van der Waals surface area contributed by atoms with Gasteiger partial charge in [0.05, 0.1) is 12.8 Å². The fraction of sp³-hybridized carbons (Fsp3) is 0.222. The minimum absolute atomic E-state index is 0.0591. The van der Waals surface area contributed by atoms with E-state index in [-0.39, 0.29) is 25.4 Å². The van der Waals surface area contributed by atoms with Crippen molar-refractivity contribution in [3.8, 4) is 0 Å².